The smallest absolute Gasteiger partial charge is 0.255 e. The number of hydrogen-bond donors (Lipinski definition) is 1. The van der Waals surface area contributed by atoms with Gasteiger partial charge in [0.2, 0.25) is 0 Å². The van der Waals surface area contributed by atoms with E-state index >= 15 is 0 Å². The predicted molar refractivity (Wildman–Crippen MR) is 90.9 cm³/mol. The molecule has 2 rings (SSSR count). The average Bonchev–Trinajstić information content (AvgIpc) is 2.75. The van der Waals surface area contributed by atoms with Crippen LogP contribution in [-0.4, -0.2) is 24.9 Å². The second-order valence-corrected chi connectivity index (χ2v) is 6.59. The topological polar surface area (TPSA) is 45.5 Å². The van der Waals surface area contributed by atoms with E-state index in [4.69, 9.17) is 16.0 Å². The molecule has 0 unspecified atom stereocenters. The van der Waals surface area contributed by atoms with Crippen LogP contribution in [0.1, 0.15) is 16.1 Å². The number of amides is 1. The summed E-state index contributed by atoms with van der Waals surface area (Å²) in [5, 5.41) is 3.74. The molecular formula is C14H13Br2ClN2O2. The molecule has 4 nitrogen and oxygen atoms in total. The van der Waals surface area contributed by atoms with Gasteiger partial charge in [-0.3, -0.25) is 4.79 Å². The average molecular weight is 437 g/mol. The lowest BCUT2D eigenvalue weighted by molar-refractivity contribution is 0.0828. The van der Waals surface area contributed by atoms with E-state index in [0.29, 0.717) is 27.5 Å². The van der Waals surface area contributed by atoms with Gasteiger partial charge >= 0.3 is 0 Å². The number of carbonyl (C=O) groups excluding carboxylic acids is 1. The molecule has 1 aromatic carbocycles. The fourth-order valence-corrected chi connectivity index (χ4v) is 2.58. The van der Waals surface area contributed by atoms with Gasteiger partial charge in [0, 0.05) is 24.8 Å². The zero-order valence-corrected chi connectivity index (χ0v) is 15.3. The number of furan rings is 1. The van der Waals surface area contributed by atoms with Crippen molar-refractivity contribution in [3.8, 4) is 0 Å². The van der Waals surface area contributed by atoms with Gasteiger partial charge in [-0.1, -0.05) is 11.6 Å². The van der Waals surface area contributed by atoms with Crippen LogP contribution in [0, 0.1) is 0 Å². The van der Waals surface area contributed by atoms with E-state index in [9.17, 15) is 4.79 Å². The van der Waals surface area contributed by atoms with E-state index in [-0.39, 0.29) is 5.91 Å². The van der Waals surface area contributed by atoms with Gasteiger partial charge in [0.05, 0.1) is 16.6 Å². The van der Waals surface area contributed by atoms with E-state index in [2.05, 4.69) is 37.2 Å². The predicted octanol–water partition coefficient (Wildman–Crippen LogP) is 4.77. The molecule has 1 amide bonds. The van der Waals surface area contributed by atoms with Gasteiger partial charge in [-0.2, -0.15) is 0 Å². The van der Waals surface area contributed by atoms with Crippen LogP contribution in [0.5, 0.6) is 0 Å². The first-order valence-corrected chi connectivity index (χ1v) is 8.03. The molecular weight excluding hydrogens is 423 g/mol. The zero-order valence-electron chi connectivity index (χ0n) is 11.4. The fraction of sp³-hybridized carbons (Fsp3) is 0.214. The molecule has 112 valence electrons. The molecule has 0 bridgehead atoms. The largest absolute Gasteiger partial charge is 0.451 e. The summed E-state index contributed by atoms with van der Waals surface area (Å²) in [6.45, 7) is 0.443. The fourth-order valence-electron chi connectivity index (χ4n) is 1.75. The second kappa shape index (κ2) is 6.85. The first kappa shape index (κ1) is 16.4. The van der Waals surface area contributed by atoms with Crippen LogP contribution < -0.4 is 5.32 Å². The molecule has 0 spiro atoms. The van der Waals surface area contributed by atoms with Gasteiger partial charge in [-0.05, 0) is 56.1 Å². The van der Waals surface area contributed by atoms with Crippen LogP contribution in [0.4, 0.5) is 5.69 Å². The summed E-state index contributed by atoms with van der Waals surface area (Å²) >= 11 is 12.7. The van der Waals surface area contributed by atoms with Gasteiger partial charge in [-0.25, -0.2) is 0 Å². The number of carbonyl (C=O) groups is 1. The molecule has 21 heavy (non-hydrogen) atoms. The molecule has 2 aromatic rings. The van der Waals surface area contributed by atoms with Crippen LogP contribution in [0.2, 0.25) is 5.02 Å². The van der Waals surface area contributed by atoms with E-state index in [0.717, 1.165) is 10.2 Å². The highest BCUT2D eigenvalue weighted by Crippen LogP contribution is 2.28. The Bertz CT molecular complexity index is 651. The first-order valence-electron chi connectivity index (χ1n) is 6.07. The summed E-state index contributed by atoms with van der Waals surface area (Å²) in [5.41, 5.74) is 1.24. The summed E-state index contributed by atoms with van der Waals surface area (Å²) in [7, 11) is 3.42. The minimum Gasteiger partial charge on any atom is -0.451 e. The van der Waals surface area contributed by atoms with Gasteiger partial charge < -0.3 is 14.6 Å². The molecule has 1 aromatic heterocycles. The number of nitrogens with one attached hydrogen (secondary N) is 1. The number of halogens is 3. The van der Waals surface area contributed by atoms with E-state index in [1.165, 1.54) is 4.90 Å². The normalized spacial score (nSPS) is 10.5. The third-order valence-corrected chi connectivity index (χ3v) is 4.71. The van der Waals surface area contributed by atoms with Gasteiger partial charge in [-0.15, -0.1) is 0 Å². The van der Waals surface area contributed by atoms with E-state index in [1.54, 1.807) is 32.3 Å². The number of benzene rings is 1. The summed E-state index contributed by atoms with van der Waals surface area (Å²) in [6, 6.07) is 6.99. The molecule has 1 heterocycles. The Morgan fingerprint density at radius 1 is 1.33 bits per heavy atom. The molecule has 0 atom stereocenters. The van der Waals surface area contributed by atoms with E-state index < -0.39 is 0 Å². The van der Waals surface area contributed by atoms with Crippen molar-refractivity contribution in [3.63, 3.8) is 0 Å². The molecule has 0 fully saturated rings. The minimum absolute atomic E-state index is 0.0871. The van der Waals surface area contributed by atoms with Crippen molar-refractivity contribution in [2.75, 3.05) is 19.4 Å². The second-order valence-electron chi connectivity index (χ2n) is 4.58. The highest BCUT2D eigenvalue weighted by Gasteiger charge is 2.14. The highest BCUT2D eigenvalue weighted by atomic mass is 79.9. The standard InChI is InChI=1S/C14H13Br2ClN2O2/c1-19(2)14(20)10-4-3-8(17)5-12(10)18-7-9-6-11(15)13(16)21-9/h3-6,18H,7H2,1-2H3. The number of anilines is 1. The summed E-state index contributed by atoms with van der Waals surface area (Å²) < 4.78 is 6.97. The maximum atomic E-state index is 12.2. The van der Waals surface area contributed by atoms with Crippen LogP contribution in [-0.2, 0) is 6.54 Å². The minimum atomic E-state index is -0.0871. The Balaban J connectivity index is 2.22. The van der Waals surface area contributed by atoms with E-state index in [1.807, 2.05) is 6.07 Å². The number of hydrogen-bond acceptors (Lipinski definition) is 3. The SMILES string of the molecule is CN(C)C(=O)c1ccc(Cl)cc1NCc1cc(Br)c(Br)o1. The van der Waals surface area contributed by atoms with Crippen molar-refractivity contribution in [2.45, 2.75) is 6.54 Å². The van der Waals surface area contributed by atoms with Crippen molar-refractivity contribution in [1.29, 1.82) is 0 Å². The lowest BCUT2D eigenvalue weighted by atomic mass is 10.1. The monoisotopic (exact) mass is 434 g/mol. The molecule has 7 heteroatoms. The lowest BCUT2D eigenvalue weighted by Crippen LogP contribution is -2.22. The first-order chi connectivity index (χ1) is 9.88. The summed E-state index contributed by atoms with van der Waals surface area (Å²) in [5.74, 6) is 0.646. The Morgan fingerprint density at radius 2 is 2.05 bits per heavy atom. The molecule has 0 radical (unpaired) electrons. The zero-order chi connectivity index (χ0) is 15.6. The highest BCUT2D eigenvalue weighted by molar-refractivity contribution is 9.13. The van der Waals surface area contributed by atoms with Gasteiger partial charge in [0.25, 0.3) is 5.91 Å². The van der Waals surface area contributed by atoms with Gasteiger partial charge in [0.15, 0.2) is 4.67 Å². The quantitative estimate of drug-likeness (QED) is 0.751. The molecule has 0 aliphatic carbocycles. The Hall–Kier alpha value is -0.980. The molecule has 0 saturated carbocycles. The van der Waals surface area contributed by atoms with Crippen LogP contribution >= 0.6 is 43.5 Å². The van der Waals surface area contributed by atoms with Crippen molar-refractivity contribution in [2.24, 2.45) is 0 Å². The Kier molecular flexibility index (Phi) is 5.35. The number of rotatable bonds is 4. The summed E-state index contributed by atoms with van der Waals surface area (Å²) in [6.07, 6.45) is 0. The molecule has 0 aliphatic rings. The Labute approximate surface area is 144 Å². The van der Waals surface area contributed by atoms with Crippen molar-refractivity contribution in [3.05, 3.63) is 49.8 Å². The third kappa shape index (κ3) is 4.02. The number of nitrogens with zero attached hydrogens (tertiary/aromatic N) is 1. The van der Waals surface area contributed by atoms with Crippen molar-refractivity contribution >= 4 is 55.1 Å². The summed E-state index contributed by atoms with van der Waals surface area (Å²) in [4.78, 5) is 13.7. The molecule has 1 N–H and O–H groups in total. The third-order valence-electron chi connectivity index (χ3n) is 2.77. The van der Waals surface area contributed by atoms with Crippen LogP contribution in [0.25, 0.3) is 0 Å². The van der Waals surface area contributed by atoms with Crippen molar-refractivity contribution < 1.29 is 9.21 Å². The van der Waals surface area contributed by atoms with Crippen LogP contribution in [0.3, 0.4) is 0 Å². The maximum Gasteiger partial charge on any atom is 0.255 e. The Morgan fingerprint density at radius 3 is 2.62 bits per heavy atom. The van der Waals surface area contributed by atoms with Crippen LogP contribution in [0.15, 0.2) is 37.8 Å². The maximum absolute atomic E-state index is 12.2. The lowest BCUT2D eigenvalue weighted by Gasteiger charge is -2.15. The van der Waals surface area contributed by atoms with Gasteiger partial charge in [0.1, 0.15) is 5.76 Å². The molecule has 0 aliphatic heterocycles. The van der Waals surface area contributed by atoms with Crippen molar-refractivity contribution in [1.82, 2.24) is 4.90 Å². The molecule has 0 saturated heterocycles.